The Hall–Kier alpha value is -1.58. The van der Waals surface area contributed by atoms with E-state index in [9.17, 15) is 9.59 Å². The van der Waals surface area contributed by atoms with E-state index in [1.165, 1.54) is 17.6 Å². The first kappa shape index (κ1) is 9.51. The number of rotatable bonds is 1. The van der Waals surface area contributed by atoms with E-state index in [1.807, 2.05) is 6.92 Å². The molecule has 0 saturated carbocycles. The zero-order valence-electron chi connectivity index (χ0n) is 7.92. The Balaban J connectivity index is 3.13. The highest BCUT2D eigenvalue weighted by Gasteiger charge is 2.00. The van der Waals surface area contributed by atoms with Crippen molar-refractivity contribution in [2.24, 2.45) is 7.05 Å². The van der Waals surface area contributed by atoms with Gasteiger partial charge in [0, 0.05) is 31.4 Å². The average Bonchev–Trinajstić information content (AvgIpc) is 1.98. The van der Waals surface area contributed by atoms with E-state index in [0.717, 1.165) is 5.69 Å². The number of nitrogens with zero attached hydrogens (tertiary/aromatic N) is 1. The van der Waals surface area contributed by atoms with Crippen LogP contribution in [0.25, 0.3) is 0 Å². The Morgan fingerprint density at radius 1 is 1.46 bits per heavy atom. The lowest BCUT2D eigenvalue weighted by atomic mass is 10.3. The van der Waals surface area contributed by atoms with Gasteiger partial charge in [0.25, 0.3) is 5.56 Å². The van der Waals surface area contributed by atoms with Gasteiger partial charge in [-0.2, -0.15) is 0 Å². The highest BCUT2D eigenvalue weighted by atomic mass is 16.1. The van der Waals surface area contributed by atoms with Gasteiger partial charge in [0.05, 0.1) is 0 Å². The third-order valence-electron chi connectivity index (χ3n) is 1.82. The molecule has 13 heavy (non-hydrogen) atoms. The highest BCUT2D eigenvalue weighted by Crippen LogP contribution is 2.05. The summed E-state index contributed by atoms with van der Waals surface area (Å²) in [6.45, 7) is 3.22. The molecule has 0 spiro atoms. The molecule has 1 aromatic rings. The van der Waals surface area contributed by atoms with Gasteiger partial charge in [-0.1, -0.05) is 0 Å². The third-order valence-corrected chi connectivity index (χ3v) is 1.82. The van der Waals surface area contributed by atoms with Crippen molar-refractivity contribution in [1.82, 2.24) is 4.57 Å². The van der Waals surface area contributed by atoms with Crippen LogP contribution in [0.2, 0.25) is 0 Å². The van der Waals surface area contributed by atoms with Crippen molar-refractivity contribution in [2.45, 2.75) is 13.8 Å². The minimum atomic E-state index is -0.173. The summed E-state index contributed by atoms with van der Waals surface area (Å²) in [5.41, 5.74) is 1.24. The zero-order chi connectivity index (χ0) is 10.0. The first-order valence-electron chi connectivity index (χ1n) is 3.96. The Kier molecular flexibility index (Phi) is 2.51. The fourth-order valence-electron chi connectivity index (χ4n) is 1.04. The number of aryl methyl sites for hydroxylation is 1. The molecule has 0 aromatic carbocycles. The molecule has 1 N–H and O–H groups in total. The first-order chi connectivity index (χ1) is 6.00. The number of carbonyl (C=O) groups excluding carboxylic acids is 1. The van der Waals surface area contributed by atoms with Crippen molar-refractivity contribution in [3.05, 3.63) is 28.2 Å². The monoisotopic (exact) mass is 180 g/mol. The summed E-state index contributed by atoms with van der Waals surface area (Å²) in [6, 6.07) is 3.15. The Bertz CT molecular complexity index is 393. The van der Waals surface area contributed by atoms with Crippen LogP contribution in [0.4, 0.5) is 5.69 Å². The summed E-state index contributed by atoms with van der Waals surface area (Å²) in [4.78, 5) is 22.0. The quantitative estimate of drug-likeness (QED) is 0.690. The van der Waals surface area contributed by atoms with E-state index in [1.54, 1.807) is 13.1 Å². The van der Waals surface area contributed by atoms with E-state index < -0.39 is 0 Å². The highest BCUT2D eigenvalue weighted by molar-refractivity contribution is 5.88. The molecule has 70 valence electrons. The maximum Gasteiger partial charge on any atom is 0.252 e. The molecule has 1 amide bonds. The summed E-state index contributed by atoms with van der Waals surface area (Å²) >= 11 is 0. The lowest BCUT2D eigenvalue weighted by molar-refractivity contribution is -0.114. The molecule has 0 aliphatic heterocycles. The zero-order valence-corrected chi connectivity index (χ0v) is 7.92. The van der Waals surface area contributed by atoms with Crippen molar-refractivity contribution in [3.8, 4) is 0 Å². The fourth-order valence-corrected chi connectivity index (χ4v) is 1.04. The predicted octanol–water partition coefficient (Wildman–Crippen LogP) is 0.652. The lowest BCUT2D eigenvalue weighted by Gasteiger charge is -2.06. The van der Waals surface area contributed by atoms with Gasteiger partial charge >= 0.3 is 0 Å². The van der Waals surface area contributed by atoms with Crippen LogP contribution in [0.1, 0.15) is 12.6 Å². The minimum absolute atomic E-state index is 0.122. The standard InChI is InChI=1S/C9H12N2O2/c1-6-4-8(10-7(2)12)5-9(13)11(6)3/h4-5H,1-3H3,(H,10,12). The molecule has 0 radical (unpaired) electrons. The van der Waals surface area contributed by atoms with Crippen molar-refractivity contribution in [3.63, 3.8) is 0 Å². The number of amides is 1. The second-order valence-corrected chi connectivity index (χ2v) is 2.96. The van der Waals surface area contributed by atoms with Gasteiger partial charge in [0.2, 0.25) is 5.91 Å². The lowest BCUT2D eigenvalue weighted by Crippen LogP contribution is -2.19. The van der Waals surface area contributed by atoms with Gasteiger partial charge in [-0.05, 0) is 13.0 Å². The first-order valence-corrected chi connectivity index (χ1v) is 3.96. The SMILES string of the molecule is CC(=O)Nc1cc(C)n(C)c(=O)c1. The summed E-state index contributed by atoms with van der Waals surface area (Å²) in [5, 5.41) is 2.56. The van der Waals surface area contributed by atoms with Crippen LogP contribution in [0, 0.1) is 6.92 Å². The van der Waals surface area contributed by atoms with Crippen LogP contribution < -0.4 is 10.9 Å². The van der Waals surface area contributed by atoms with Gasteiger partial charge in [0.15, 0.2) is 0 Å². The molecular formula is C9H12N2O2. The second kappa shape index (κ2) is 3.43. The maximum absolute atomic E-state index is 11.3. The van der Waals surface area contributed by atoms with E-state index >= 15 is 0 Å². The number of aromatic nitrogens is 1. The molecule has 0 fully saturated rings. The normalized spacial score (nSPS) is 9.77. The van der Waals surface area contributed by atoms with Gasteiger partial charge in [-0.3, -0.25) is 9.59 Å². The third kappa shape index (κ3) is 2.18. The molecule has 0 aliphatic carbocycles. The van der Waals surface area contributed by atoms with Crippen molar-refractivity contribution in [1.29, 1.82) is 0 Å². The number of carbonyl (C=O) groups is 1. The second-order valence-electron chi connectivity index (χ2n) is 2.96. The summed E-state index contributed by atoms with van der Waals surface area (Å²) < 4.78 is 1.52. The molecule has 0 atom stereocenters. The fraction of sp³-hybridized carbons (Fsp3) is 0.333. The average molecular weight is 180 g/mol. The predicted molar refractivity (Wildman–Crippen MR) is 50.7 cm³/mol. The molecule has 0 bridgehead atoms. The van der Waals surface area contributed by atoms with E-state index in [0.29, 0.717) is 5.69 Å². The van der Waals surface area contributed by atoms with Crippen molar-refractivity contribution < 1.29 is 4.79 Å². The number of nitrogens with one attached hydrogen (secondary N) is 1. The Labute approximate surface area is 76.2 Å². The van der Waals surface area contributed by atoms with E-state index in [2.05, 4.69) is 5.32 Å². The molecule has 4 heteroatoms. The molecular weight excluding hydrogens is 168 g/mol. The minimum Gasteiger partial charge on any atom is -0.326 e. The molecule has 4 nitrogen and oxygen atoms in total. The summed E-state index contributed by atoms with van der Waals surface area (Å²) in [7, 11) is 1.69. The number of pyridine rings is 1. The molecule has 0 unspecified atom stereocenters. The van der Waals surface area contributed by atoms with Crippen LogP contribution >= 0.6 is 0 Å². The van der Waals surface area contributed by atoms with Crippen LogP contribution in [-0.2, 0) is 11.8 Å². The Morgan fingerprint density at radius 2 is 2.08 bits per heavy atom. The Morgan fingerprint density at radius 3 is 2.54 bits per heavy atom. The van der Waals surface area contributed by atoms with Gasteiger partial charge < -0.3 is 9.88 Å². The smallest absolute Gasteiger partial charge is 0.252 e. The number of hydrogen-bond donors (Lipinski definition) is 1. The molecule has 1 rings (SSSR count). The topological polar surface area (TPSA) is 51.1 Å². The summed E-state index contributed by atoms with van der Waals surface area (Å²) in [6.07, 6.45) is 0. The molecule has 0 aliphatic rings. The van der Waals surface area contributed by atoms with Gasteiger partial charge in [0.1, 0.15) is 0 Å². The number of anilines is 1. The van der Waals surface area contributed by atoms with Crippen molar-refractivity contribution in [2.75, 3.05) is 5.32 Å². The molecule has 0 saturated heterocycles. The van der Waals surface area contributed by atoms with Gasteiger partial charge in [-0.25, -0.2) is 0 Å². The number of hydrogen-bond acceptors (Lipinski definition) is 2. The van der Waals surface area contributed by atoms with Crippen molar-refractivity contribution >= 4 is 11.6 Å². The van der Waals surface area contributed by atoms with Gasteiger partial charge in [-0.15, -0.1) is 0 Å². The molecule has 1 aromatic heterocycles. The van der Waals surface area contributed by atoms with Crippen LogP contribution in [0.5, 0.6) is 0 Å². The summed E-state index contributed by atoms with van der Waals surface area (Å²) in [5.74, 6) is -0.173. The largest absolute Gasteiger partial charge is 0.326 e. The van der Waals surface area contributed by atoms with Crippen LogP contribution in [0.3, 0.4) is 0 Å². The van der Waals surface area contributed by atoms with E-state index in [-0.39, 0.29) is 11.5 Å². The van der Waals surface area contributed by atoms with Crippen LogP contribution in [-0.4, -0.2) is 10.5 Å². The maximum atomic E-state index is 11.3. The van der Waals surface area contributed by atoms with Crippen LogP contribution in [0.15, 0.2) is 16.9 Å². The molecule has 1 heterocycles. The van der Waals surface area contributed by atoms with E-state index in [4.69, 9.17) is 0 Å².